The van der Waals surface area contributed by atoms with E-state index in [1.165, 1.54) is 29.0 Å². The second kappa shape index (κ2) is 8.03. The molecule has 0 saturated carbocycles. The highest BCUT2D eigenvalue weighted by molar-refractivity contribution is 7.07. The van der Waals surface area contributed by atoms with E-state index in [1.807, 2.05) is 18.2 Å². The number of carbonyl (C=O) groups excluding carboxylic acids is 1. The van der Waals surface area contributed by atoms with Crippen molar-refractivity contribution in [2.75, 3.05) is 0 Å². The maximum Gasteiger partial charge on any atom is 0.271 e. The van der Waals surface area contributed by atoms with Crippen LogP contribution in [-0.4, -0.2) is 10.4 Å². The molecule has 0 spiro atoms. The molecule has 0 bridgehead atoms. The lowest BCUT2D eigenvalue weighted by molar-refractivity contribution is -0.118. The summed E-state index contributed by atoms with van der Waals surface area (Å²) in [6.45, 7) is 6.23. The minimum Gasteiger partial charge on any atom is -0.294 e. The smallest absolute Gasteiger partial charge is 0.271 e. The van der Waals surface area contributed by atoms with Crippen LogP contribution in [0.1, 0.15) is 56.3 Å². The lowest BCUT2D eigenvalue weighted by atomic mass is 9.73. The normalized spacial score (nSPS) is 19.8. The summed E-state index contributed by atoms with van der Waals surface area (Å²) in [5, 5.41) is 0. The second-order valence-corrected chi connectivity index (χ2v) is 10.5. The largest absolute Gasteiger partial charge is 0.294 e. The molecular weight excluding hydrogens is 435 g/mol. The molecule has 1 aliphatic heterocycles. The van der Waals surface area contributed by atoms with E-state index in [0.29, 0.717) is 33.3 Å². The molecular formula is C27H25FN2O2S. The summed E-state index contributed by atoms with van der Waals surface area (Å²) in [5.74, 6) is -0.351. The number of fused-ring (bicyclic) bond motifs is 1. The van der Waals surface area contributed by atoms with E-state index >= 15 is 0 Å². The lowest BCUT2D eigenvalue weighted by Gasteiger charge is -2.35. The number of aryl methyl sites for hydroxylation is 1. The summed E-state index contributed by atoms with van der Waals surface area (Å²) in [7, 11) is 0. The van der Waals surface area contributed by atoms with E-state index in [4.69, 9.17) is 4.99 Å². The van der Waals surface area contributed by atoms with Crippen LogP contribution in [0.2, 0.25) is 0 Å². The first-order valence-electron chi connectivity index (χ1n) is 11.2. The Morgan fingerprint density at radius 3 is 2.45 bits per heavy atom. The van der Waals surface area contributed by atoms with Crippen molar-refractivity contribution in [2.24, 2.45) is 10.4 Å². The van der Waals surface area contributed by atoms with Crippen molar-refractivity contribution in [2.45, 2.75) is 46.1 Å². The number of hydrogen-bond donors (Lipinski definition) is 0. The van der Waals surface area contributed by atoms with E-state index in [1.54, 1.807) is 16.7 Å². The molecule has 33 heavy (non-hydrogen) atoms. The number of allylic oxidation sites excluding steroid dienone is 2. The fourth-order valence-electron chi connectivity index (χ4n) is 4.71. The molecule has 4 nitrogen and oxygen atoms in total. The molecule has 0 saturated heterocycles. The van der Waals surface area contributed by atoms with Crippen LogP contribution in [0.25, 0.3) is 6.08 Å². The minimum absolute atomic E-state index is 0.00348. The number of halogens is 1. The van der Waals surface area contributed by atoms with Crippen LogP contribution in [0, 0.1) is 11.2 Å². The van der Waals surface area contributed by atoms with Crippen molar-refractivity contribution in [1.29, 1.82) is 0 Å². The van der Waals surface area contributed by atoms with Gasteiger partial charge in [0.1, 0.15) is 5.82 Å². The monoisotopic (exact) mass is 460 g/mol. The molecule has 1 aromatic heterocycles. The van der Waals surface area contributed by atoms with Gasteiger partial charge in [0.25, 0.3) is 5.56 Å². The number of ketones is 1. The number of nitrogens with zero attached hydrogens (tertiary/aromatic N) is 2. The molecule has 2 aromatic carbocycles. The van der Waals surface area contributed by atoms with E-state index in [2.05, 4.69) is 32.9 Å². The molecule has 0 radical (unpaired) electrons. The number of hydrogen-bond acceptors (Lipinski definition) is 4. The van der Waals surface area contributed by atoms with Gasteiger partial charge in [-0.3, -0.25) is 14.2 Å². The first-order chi connectivity index (χ1) is 15.8. The topological polar surface area (TPSA) is 51.4 Å². The van der Waals surface area contributed by atoms with Crippen LogP contribution < -0.4 is 14.9 Å². The Kier molecular flexibility index (Phi) is 5.28. The predicted octanol–water partition coefficient (Wildman–Crippen LogP) is 4.31. The Morgan fingerprint density at radius 1 is 1.09 bits per heavy atom. The summed E-state index contributed by atoms with van der Waals surface area (Å²) in [6, 6.07) is 13.6. The zero-order chi connectivity index (χ0) is 23.3. The first-order valence-corrected chi connectivity index (χ1v) is 12.0. The maximum absolute atomic E-state index is 13.7. The van der Waals surface area contributed by atoms with Gasteiger partial charge in [0.05, 0.1) is 16.3 Å². The van der Waals surface area contributed by atoms with E-state index in [0.717, 1.165) is 17.7 Å². The Bertz CT molecular complexity index is 1460. The molecule has 0 amide bonds. The summed E-state index contributed by atoms with van der Waals surface area (Å²) < 4.78 is 15.8. The molecule has 0 N–H and O–H groups in total. The van der Waals surface area contributed by atoms with Crippen LogP contribution in [0.3, 0.4) is 0 Å². The summed E-state index contributed by atoms with van der Waals surface area (Å²) in [5.41, 5.74) is 3.82. The Balaban J connectivity index is 1.73. The van der Waals surface area contributed by atoms with Gasteiger partial charge in [-0.15, -0.1) is 0 Å². The average Bonchev–Trinajstić information content (AvgIpc) is 3.07. The molecule has 1 atom stereocenters. The van der Waals surface area contributed by atoms with E-state index < -0.39 is 6.04 Å². The fourth-order valence-corrected chi connectivity index (χ4v) is 5.73. The van der Waals surface area contributed by atoms with Gasteiger partial charge in [0, 0.05) is 12.0 Å². The summed E-state index contributed by atoms with van der Waals surface area (Å²) in [4.78, 5) is 32.2. The van der Waals surface area contributed by atoms with Crippen LogP contribution in [0.15, 0.2) is 69.6 Å². The van der Waals surface area contributed by atoms with Crippen LogP contribution in [0.5, 0.6) is 0 Å². The van der Waals surface area contributed by atoms with Crippen LogP contribution in [-0.2, 0) is 11.2 Å². The first kappa shape index (κ1) is 21.7. The molecule has 5 rings (SSSR count). The molecule has 168 valence electrons. The molecule has 3 aromatic rings. The van der Waals surface area contributed by atoms with E-state index in [-0.39, 0.29) is 22.6 Å². The number of aromatic nitrogens is 1. The Hall–Kier alpha value is -3.12. The van der Waals surface area contributed by atoms with Crippen LogP contribution in [0.4, 0.5) is 4.39 Å². The van der Waals surface area contributed by atoms with Gasteiger partial charge in [0.2, 0.25) is 0 Å². The molecule has 2 heterocycles. The van der Waals surface area contributed by atoms with Crippen molar-refractivity contribution in [3.8, 4) is 0 Å². The number of rotatable bonds is 3. The van der Waals surface area contributed by atoms with Gasteiger partial charge in [-0.1, -0.05) is 68.5 Å². The van der Waals surface area contributed by atoms with Crippen molar-refractivity contribution < 1.29 is 9.18 Å². The number of thiazole rings is 1. The third kappa shape index (κ3) is 3.93. The SMILES string of the molecule is CCc1ccc(C=c2sc3n(c2=O)C(c2ccc(F)cc2)C2=C(CC(C)(C)CC2=O)N=3)cc1. The maximum atomic E-state index is 13.7. The van der Waals surface area contributed by atoms with Gasteiger partial charge in [-0.25, -0.2) is 9.38 Å². The molecule has 2 aliphatic rings. The summed E-state index contributed by atoms with van der Waals surface area (Å²) in [6.07, 6.45) is 3.89. The van der Waals surface area contributed by atoms with Gasteiger partial charge >= 0.3 is 0 Å². The van der Waals surface area contributed by atoms with Gasteiger partial charge in [-0.2, -0.15) is 0 Å². The van der Waals surface area contributed by atoms with Crippen molar-refractivity contribution >= 4 is 23.2 Å². The third-order valence-electron chi connectivity index (χ3n) is 6.37. The standard InChI is InChI=1S/C27H25FN2O2S/c1-4-16-5-7-17(8-6-16)13-22-25(32)30-24(18-9-11-19(28)12-10-18)23-20(29-26(30)33-22)14-27(2,3)15-21(23)31/h5-13,24H,4,14-15H2,1-3H3. The molecule has 6 heteroatoms. The second-order valence-electron chi connectivity index (χ2n) is 9.53. The fraction of sp³-hybridized carbons (Fsp3) is 0.296. The molecule has 0 fully saturated rings. The van der Waals surface area contributed by atoms with Gasteiger partial charge in [0.15, 0.2) is 10.6 Å². The predicted molar refractivity (Wildman–Crippen MR) is 128 cm³/mol. The van der Waals surface area contributed by atoms with Crippen LogP contribution >= 0.6 is 11.3 Å². The Labute approximate surface area is 195 Å². The van der Waals surface area contributed by atoms with Crippen molar-refractivity contribution in [3.63, 3.8) is 0 Å². The van der Waals surface area contributed by atoms with Crippen molar-refractivity contribution in [1.82, 2.24) is 4.57 Å². The zero-order valence-corrected chi connectivity index (χ0v) is 19.7. The molecule has 1 unspecified atom stereocenters. The quantitative estimate of drug-likeness (QED) is 0.585. The van der Waals surface area contributed by atoms with Crippen molar-refractivity contribution in [3.05, 3.63) is 102 Å². The van der Waals surface area contributed by atoms with Gasteiger partial charge < -0.3 is 0 Å². The highest BCUT2D eigenvalue weighted by Gasteiger charge is 2.40. The summed E-state index contributed by atoms with van der Waals surface area (Å²) >= 11 is 1.33. The van der Waals surface area contributed by atoms with Gasteiger partial charge in [-0.05, 0) is 53.2 Å². The lowest BCUT2D eigenvalue weighted by Crippen LogP contribution is -2.42. The van der Waals surface area contributed by atoms with E-state index in [9.17, 15) is 14.0 Å². The Morgan fingerprint density at radius 2 is 1.79 bits per heavy atom. The third-order valence-corrected chi connectivity index (χ3v) is 7.35. The molecule has 1 aliphatic carbocycles. The zero-order valence-electron chi connectivity index (χ0n) is 18.9. The minimum atomic E-state index is -0.593. The highest BCUT2D eigenvalue weighted by atomic mass is 32.1. The number of carbonyl (C=O) groups is 1. The number of benzene rings is 2. The highest BCUT2D eigenvalue weighted by Crippen LogP contribution is 2.43. The average molecular weight is 461 g/mol. The number of Topliss-reactive ketones (excluding diaryl/α,β-unsaturated/α-hetero) is 1.